The van der Waals surface area contributed by atoms with Gasteiger partial charge < -0.3 is 5.73 Å². The molecule has 0 spiro atoms. The highest BCUT2D eigenvalue weighted by Gasteiger charge is 2.26. The molecule has 1 aromatic carbocycles. The number of rotatable bonds is 3. The average Bonchev–Trinajstić information content (AvgIpc) is 2.31. The van der Waals surface area contributed by atoms with E-state index in [1.807, 2.05) is 0 Å². The number of halogens is 2. The third-order valence-corrected chi connectivity index (χ3v) is 3.75. The van der Waals surface area contributed by atoms with Crippen LogP contribution in [0, 0.1) is 11.6 Å². The first-order valence-electron chi connectivity index (χ1n) is 6.53. The van der Waals surface area contributed by atoms with Crippen LogP contribution in [0.2, 0.25) is 0 Å². The molecule has 2 nitrogen and oxygen atoms in total. The third-order valence-electron chi connectivity index (χ3n) is 3.75. The van der Waals surface area contributed by atoms with Crippen molar-refractivity contribution in [1.82, 2.24) is 4.90 Å². The van der Waals surface area contributed by atoms with Crippen molar-refractivity contribution in [3.63, 3.8) is 0 Å². The summed E-state index contributed by atoms with van der Waals surface area (Å²) in [7, 11) is 0. The zero-order valence-corrected chi connectivity index (χ0v) is 10.7. The average molecular weight is 254 g/mol. The smallest absolute Gasteiger partial charge is 0.126 e. The van der Waals surface area contributed by atoms with E-state index in [9.17, 15) is 8.78 Å². The molecule has 0 saturated carbocycles. The van der Waals surface area contributed by atoms with Gasteiger partial charge in [0.1, 0.15) is 11.6 Å². The van der Waals surface area contributed by atoms with Gasteiger partial charge in [0.25, 0.3) is 0 Å². The van der Waals surface area contributed by atoms with Crippen LogP contribution in [0.1, 0.15) is 37.8 Å². The Morgan fingerprint density at radius 2 is 1.94 bits per heavy atom. The van der Waals surface area contributed by atoms with E-state index in [0.717, 1.165) is 25.5 Å². The van der Waals surface area contributed by atoms with Gasteiger partial charge in [-0.05, 0) is 44.0 Å². The van der Waals surface area contributed by atoms with Crippen LogP contribution in [0.3, 0.4) is 0 Å². The summed E-state index contributed by atoms with van der Waals surface area (Å²) in [5, 5.41) is 0. The van der Waals surface area contributed by atoms with Crippen LogP contribution >= 0.6 is 0 Å². The van der Waals surface area contributed by atoms with Crippen molar-refractivity contribution in [3.05, 3.63) is 35.4 Å². The molecule has 2 unspecified atom stereocenters. The maximum absolute atomic E-state index is 13.3. The van der Waals surface area contributed by atoms with Crippen molar-refractivity contribution in [1.29, 1.82) is 0 Å². The predicted molar refractivity (Wildman–Crippen MR) is 68.2 cm³/mol. The monoisotopic (exact) mass is 254 g/mol. The molecule has 2 N–H and O–H groups in total. The lowest BCUT2D eigenvalue weighted by Gasteiger charge is -2.39. The number of piperidine rings is 1. The Bertz CT molecular complexity index is 389. The van der Waals surface area contributed by atoms with Crippen molar-refractivity contribution in [2.45, 2.75) is 38.3 Å². The molecule has 0 radical (unpaired) electrons. The predicted octanol–water partition coefficient (Wildman–Crippen LogP) is 2.84. The zero-order valence-electron chi connectivity index (χ0n) is 10.7. The van der Waals surface area contributed by atoms with Crippen LogP contribution in [-0.2, 0) is 0 Å². The highest BCUT2D eigenvalue weighted by Crippen LogP contribution is 2.28. The third kappa shape index (κ3) is 2.87. The molecule has 0 amide bonds. The second-order valence-electron chi connectivity index (χ2n) is 5.04. The summed E-state index contributed by atoms with van der Waals surface area (Å²) in [6, 6.07) is 4.00. The maximum atomic E-state index is 13.3. The van der Waals surface area contributed by atoms with E-state index in [2.05, 4.69) is 11.8 Å². The first-order chi connectivity index (χ1) is 8.61. The van der Waals surface area contributed by atoms with Gasteiger partial charge in [-0.3, -0.25) is 4.90 Å². The molecule has 1 aliphatic rings. The molecule has 4 heteroatoms. The summed E-state index contributed by atoms with van der Waals surface area (Å²) in [6.45, 7) is 3.48. The summed E-state index contributed by atoms with van der Waals surface area (Å²) in [5.41, 5.74) is 6.45. The van der Waals surface area contributed by atoms with E-state index in [1.54, 1.807) is 0 Å². The molecule has 18 heavy (non-hydrogen) atoms. The van der Waals surface area contributed by atoms with Crippen LogP contribution < -0.4 is 5.73 Å². The number of benzene rings is 1. The second kappa shape index (κ2) is 5.76. The van der Waals surface area contributed by atoms with Gasteiger partial charge in [-0.1, -0.05) is 6.42 Å². The van der Waals surface area contributed by atoms with Gasteiger partial charge in [0.2, 0.25) is 0 Å². The fourth-order valence-corrected chi connectivity index (χ4v) is 2.81. The fourth-order valence-electron chi connectivity index (χ4n) is 2.81. The van der Waals surface area contributed by atoms with Gasteiger partial charge in [-0.25, -0.2) is 8.78 Å². The summed E-state index contributed by atoms with van der Waals surface area (Å²) < 4.78 is 26.6. The molecule has 2 rings (SSSR count). The highest BCUT2D eigenvalue weighted by atomic mass is 19.1. The van der Waals surface area contributed by atoms with Crippen LogP contribution in [0.4, 0.5) is 8.78 Å². The molecule has 0 bridgehead atoms. The first-order valence-corrected chi connectivity index (χ1v) is 6.53. The molecule has 1 heterocycles. The van der Waals surface area contributed by atoms with Gasteiger partial charge in [0.05, 0.1) is 0 Å². The summed E-state index contributed by atoms with van der Waals surface area (Å²) >= 11 is 0. The van der Waals surface area contributed by atoms with Gasteiger partial charge in [-0.15, -0.1) is 0 Å². The number of hydrogen-bond acceptors (Lipinski definition) is 2. The minimum absolute atomic E-state index is 0.0921. The number of hydrogen-bond donors (Lipinski definition) is 1. The topological polar surface area (TPSA) is 29.3 Å². The molecule has 1 saturated heterocycles. The molecular weight excluding hydrogens is 234 g/mol. The van der Waals surface area contributed by atoms with Crippen molar-refractivity contribution in [2.24, 2.45) is 5.73 Å². The van der Waals surface area contributed by atoms with Gasteiger partial charge in [-0.2, -0.15) is 0 Å². The molecular formula is C14H20F2N2. The SMILES string of the molecule is CC1CCCCN1C(CN)c1cc(F)cc(F)c1. The Kier molecular flexibility index (Phi) is 4.30. The Morgan fingerprint density at radius 3 is 2.50 bits per heavy atom. The summed E-state index contributed by atoms with van der Waals surface area (Å²) in [6.07, 6.45) is 3.46. The molecule has 2 atom stereocenters. The Morgan fingerprint density at radius 1 is 1.28 bits per heavy atom. The maximum Gasteiger partial charge on any atom is 0.126 e. The lowest BCUT2D eigenvalue weighted by Crippen LogP contribution is -2.43. The van der Waals surface area contributed by atoms with Crippen LogP contribution in [0.5, 0.6) is 0 Å². The molecule has 1 aromatic rings. The minimum Gasteiger partial charge on any atom is -0.329 e. The molecule has 1 fully saturated rings. The van der Waals surface area contributed by atoms with Crippen molar-refractivity contribution in [3.8, 4) is 0 Å². The van der Waals surface area contributed by atoms with E-state index in [0.29, 0.717) is 18.2 Å². The molecule has 100 valence electrons. The lowest BCUT2D eigenvalue weighted by atomic mass is 9.97. The normalized spacial score (nSPS) is 23.0. The van der Waals surface area contributed by atoms with Gasteiger partial charge >= 0.3 is 0 Å². The molecule has 0 aromatic heterocycles. The largest absolute Gasteiger partial charge is 0.329 e. The number of nitrogens with two attached hydrogens (primary N) is 1. The summed E-state index contributed by atoms with van der Waals surface area (Å²) in [5.74, 6) is -1.07. The lowest BCUT2D eigenvalue weighted by molar-refractivity contribution is 0.108. The second-order valence-corrected chi connectivity index (χ2v) is 5.04. The molecule has 1 aliphatic heterocycles. The zero-order chi connectivity index (χ0) is 13.1. The fraction of sp³-hybridized carbons (Fsp3) is 0.571. The van der Waals surface area contributed by atoms with E-state index < -0.39 is 11.6 Å². The van der Waals surface area contributed by atoms with E-state index in [4.69, 9.17) is 5.73 Å². The Labute approximate surface area is 107 Å². The van der Waals surface area contributed by atoms with Crippen molar-refractivity contribution >= 4 is 0 Å². The van der Waals surface area contributed by atoms with Gasteiger partial charge in [0, 0.05) is 24.7 Å². The standard InChI is InChI=1S/C14H20F2N2/c1-10-4-2-3-5-18(10)14(9-17)11-6-12(15)8-13(16)7-11/h6-8,10,14H,2-5,9,17H2,1H3. The highest BCUT2D eigenvalue weighted by molar-refractivity contribution is 5.22. The van der Waals surface area contributed by atoms with Crippen LogP contribution in [0.25, 0.3) is 0 Å². The molecule has 0 aliphatic carbocycles. The van der Waals surface area contributed by atoms with Crippen molar-refractivity contribution < 1.29 is 8.78 Å². The van der Waals surface area contributed by atoms with Crippen LogP contribution in [-0.4, -0.2) is 24.0 Å². The quantitative estimate of drug-likeness (QED) is 0.898. The number of nitrogens with zero attached hydrogens (tertiary/aromatic N) is 1. The van der Waals surface area contributed by atoms with E-state index in [1.165, 1.54) is 18.6 Å². The van der Waals surface area contributed by atoms with Crippen LogP contribution in [0.15, 0.2) is 18.2 Å². The first kappa shape index (κ1) is 13.4. The summed E-state index contributed by atoms with van der Waals surface area (Å²) in [4.78, 5) is 2.26. The Hall–Kier alpha value is -1.00. The Balaban J connectivity index is 2.26. The van der Waals surface area contributed by atoms with Crippen molar-refractivity contribution in [2.75, 3.05) is 13.1 Å². The van der Waals surface area contributed by atoms with E-state index in [-0.39, 0.29) is 6.04 Å². The van der Waals surface area contributed by atoms with E-state index >= 15 is 0 Å². The van der Waals surface area contributed by atoms with Gasteiger partial charge in [0.15, 0.2) is 0 Å². The number of likely N-dealkylation sites (tertiary alicyclic amines) is 1. The minimum atomic E-state index is -0.534.